The van der Waals surface area contributed by atoms with Gasteiger partial charge in [-0.25, -0.2) is 0 Å². The maximum absolute atomic E-state index is 13.0. The topological polar surface area (TPSA) is 231 Å². The zero-order valence-corrected chi connectivity index (χ0v) is 40.5. The molecule has 15 heteroatoms. The van der Waals surface area contributed by atoms with E-state index in [9.17, 15) is 45.3 Å². The molecule has 0 aromatic carbocycles. The van der Waals surface area contributed by atoms with Gasteiger partial charge in [-0.15, -0.1) is 0 Å². The Morgan fingerprint density at radius 2 is 0.785 bits per heavy atom. The summed E-state index contributed by atoms with van der Waals surface area (Å²) in [5.41, 5.74) is 0. The molecule has 2 saturated heterocycles. The van der Waals surface area contributed by atoms with Crippen molar-refractivity contribution in [3.63, 3.8) is 0 Å². The first kappa shape index (κ1) is 59.6. The molecule has 0 aromatic rings. The SMILES string of the molecule is CCCCCCCCCCCCCCCCCC(=O)OC(COC(=O)CCCCCCCCCCCCCCCC)COC1OC(COC2OC(CO)C(O)C(O)C2O)C(O)C(O)C1O. The van der Waals surface area contributed by atoms with Crippen LogP contribution in [0.25, 0.3) is 0 Å². The van der Waals surface area contributed by atoms with Crippen molar-refractivity contribution < 1.29 is 73.8 Å². The molecule has 11 atom stereocenters. The molecule has 2 rings (SSSR count). The molecule has 65 heavy (non-hydrogen) atoms. The lowest BCUT2D eigenvalue weighted by Gasteiger charge is -2.42. The van der Waals surface area contributed by atoms with Gasteiger partial charge in [0.05, 0.1) is 19.8 Å². The van der Waals surface area contributed by atoms with Crippen molar-refractivity contribution in [2.45, 2.75) is 280 Å². The van der Waals surface area contributed by atoms with Crippen LogP contribution in [0.1, 0.15) is 213 Å². The van der Waals surface area contributed by atoms with Crippen LogP contribution < -0.4 is 0 Å². The van der Waals surface area contributed by atoms with Crippen molar-refractivity contribution in [3.05, 3.63) is 0 Å². The first-order valence-corrected chi connectivity index (χ1v) is 26.1. The average molecular weight is 935 g/mol. The van der Waals surface area contributed by atoms with Gasteiger partial charge in [0.2, 0.25) is 0 Å². The maximum Gasteiger partial charge on any atom is 0.306 e. The zero-order valence-electron chi connectivity index (χ0n) is 40.5. The van der Waals surface area contributed by atoms with E-state index < -0.39 is 92.7 Å². The Labute approximate surface area is 391 Å². The van der Waals surface area contributed by atoms with Crippen LogP contribution in [-0.2, 0) is 38.0 Å². The molecular formula is C50H94O15. The lowest BCUT2D eigenvalue weighted by Crippen LogP contribution is -2.61. The Hall–Kier alpha value is -1.50. The van der Waals surface area contributed by atoms with Crippen molar-refractivity contribution in [3.8, 4) is 0 Å². The average Bonchev–Trinajstić information content (AvgIpc) is 3.30. The van der Waals surface area contributed by atoms with E-state index >= 15 is 0 Å². The van der Waals surface area contributed by atoms with Gasteiger partial charge in [0.1, 0.15) is 55.4 Å². The summed E-state index contributed by atoms with van der Waals surface area (Å²) < 4.78 is 33.6. The Kier molecular flexibility index (Phi) is 35.2. The number of ether oxygens (including phenoxy) is 6. The van der Waals surface area contributed by atoms with E-state index in [1.54, 1.807) is 0 Å². The molecular weight excluding hydrogens is 841 g/mol. The van der Waals surface area contributed by atoms with Gasteiger partial charge in [-0.05, 0) is 12.8 Å². The smallest absolute Gasteiger partial charge is 0.306 e. The van der Waals surface area contributed by atoms with E-state index in [1.807, 2.05) is 0 Å². The Morgan fingerprint density at radius 3 is 1.20 bits per heavy atom. The second-order valence-electron chi connectivity index (χ2n) is 18.7. The van der Waals surface area contributed by atoms with Gasteiger partial charge in [0.25, 0.3) is 0 Å². The van der Waals surface area contributed by atoms with Crippen LogP contribution in [0.3, 0.4) is 0 Å². The highest BCUT2D eigenvalue weighted by Crippen LogP contribution is 2.27. The monoisotopic (exact) mass is 935 g/mol. The fourth-order valence-electron chi connectivity index (χ4n) is 8.51. The van der Waals surface area contributed by atoms with Gasteiger partial charge in [-0.1, -0.05) is 187 Å². The number of carbonyl (C=O) groups is 2. The molecule has 0 aromatic heterocycles. The van der Waals surface area contributed by atoms with Crippen LogP contribution in [0, 0.1) is 0 Å². The van der Waals surface area contributed by atoms with Gasteiger partial charge in [-0.3, -0.25) is 9.59 Å². The van der Waals surface area contributed by atoms with E-state index in [4.69, 9.17) is 28.4 Å². The fraction of sp³-hybridized carbons (Fsp3) is 0.960. The second kappa shape index (κ2) is 38.4. The number of aliphatic hydroxyl groups is 7. The van der Waals surface area contributed by atoms with Crippen molar-refractivity contribution >= 4 is 11.9 Å². The van der Waals surface area contributed by atoms with E-state index in [0.717, 1.165) is 38.5 Å². The number of hydrogen-bond acceptors (Lipinski definition) is 15. The highest BCUT2D eigenvalue weighted by molar-refractivity contribution is 5.70. The lowest BCUT2D eigenvalue weighted by molar-refractivity contribution is -0.332. The largest absolute Gasteiger partial charge is 0.462 e. The zero-order chi connectivity index (χ0) is 47.5. The van der Waals surface area contributed by atoms with Gasteiger partial charge < -0.3 is 64.2 Å². The summed E-state index contributed by atoms with van der Waals surface area (Å²) in [5.74, 6) is -0.909. The molecule has 15 nitrogen and oxygen atoms in total. The summed E-state index contributed by atoms with van der Waals surface area (Å²) >= 11 is 0. The minimum absolute atomic E-state index is 0.173. The molecule has 7 N–H and O–H groups in total. The quantitative estimate of drug-likeness (QED) is 0.0237. The summed E-state index contributed by atoms with van der Waals surface area (Å²) in [6.45, 7) is 2.62. The molecule has 0 spiro atoms. The second-order valence-corrected chi connectivity index (χ2v) is 18.7. The lowest BCUT2D eigenvalue weighted by atomic mass is 9.98. The molecule has 0 radical (unpaired) electrons. The standard InChI is InChI=1S/C50H94O15/c1-3-5-7-9-11-13-15-17-19-21-23-25-27-29-31-33-42(53)63-38(35-60-41(52)32-30-28-26-24-22-20-18-16-14-12-10-8-6-4-2)36-61-49-48(59)46(57)44(55)40(65-49)37-62-50-47(58)45(56)43(54)39(34-51)64-50/h38-40,43-51,54-59H,3-37H2,1-2H3. The number of esters is 2. The molecule has 11 unspecified atom stereocenters. The number of unbranched alkanes of at least 4 members (excludes halogenated alkanes) is 27. The normalized spacial score (nSPS) is 26.3. The van der Waals surface area contributed by atoms with Crippen molar-refractivity contribution in [2.24, 2.45) is 0 Å². The molecule has 2 heterocycles. The third-order valence-electron chi connectivity index (χ3n) is 12.8. The number of hydrogen-bond donors (Lipinski definition) is 7. The van der Waals surface area contributed by atoms with Crippen molar-refractivity contribution in [2.75, 3.05) is 26.4 Å². The first-order chi connectivity index (χ1) is 31.5. The molecule has 2 aliphatic rings. The molecule has 0 saturated carbocycles. The highest BCUT2D eigenvalue weighted by atomic mass is 16.7. The Bertz CT molecular complexity index is 1150. The maximum atomic E-state index is 13.0. The molecule has 0 aliphatic carbocycles. The summed E-state index contributed by atoms with van der Waals surface area (Å²) in [6, 6.07) is 0. The molecule has 0 bridgehead atoms. The van der Waals surface area contributed by atoms with E-state index in [1.165, 1.54) is 135 Å². The Balaban J connectivity index is 1.80. The van der Waals surface area contributed by atoms with E-state index in [0.29, 0.717) is 12.8 Å². The van der Waals surface area contributed by atoms with Crippen LogP contribution in [-0.4, -0.2) is 142 Å². The molecule has 384 valence electrons. The van der Waals surface area contributed by atoms with Gasteiger partial charge >= 0.3 is 11.9 Å². The van der Waals surface area contributed by atoms with Crippen LogP contribution >= 0.6 is 0 Å². The fourth-order valence-corrected chi connectivity index (χ4v) is 8.51. The van der Waals surface area contributed by atoms with Gasteiger partial charge in [0.15, 0.2) is 18.7 Å². The predicted octanol–water partition coefficient (Wildman–Crippen LogP) is 7.22. The van der Waals surface area contributed by atoms with Crippen LogP contribution in [0.5, 0.6) is 0 Å². The van der Waals surface area contributed by atoms with E-state index in [-0.39, 0.29) is 26.1 Å². The summed E-state index contributed by atoms with van der Waals surface area (Å²) in [6.07, 6.45) is 18.4. The summed E-state index contributed by atoms with van der Waals surface area (Å²) in [7, 11) is 0. The van der Waals surface area contributed by atoms with Crippen LogP contribution in [0.2, 0.25) is 0 Å². The third kappa shape index (κ3) is 26.7. The minimum Gasteiger partial charge on any atom is -0.462 e. The van der Waals surface area contributed by atoms with Gasteiger partial charge in [-0.2, -0.15) is 0 Å². The number of rotatable bonds is 41. The summed E-state index contributed by atoms with van der Waals surface area (Å²) in [4.78, 5) is 25.7. The Morgan fingerprint density at radius 1 is 0.431 bits per heavy atom. The van der Waals surface area contributed by atoms with E-state index in [2.05, 4.69) is 13.8 Å². The summed E-state index contributed by atoms with van der Waals surface area (Å²) in [5, 5.41) is 72.0. The minimum atomic E-state index is -1.76. The predicted molar refractivity (Wildman–Crippen MR) is 248 cm³/mol. The van der Waals surface area contributed by atoms with Crippen molar-refractivity contribution in [1.29, 1.82) is 0 Å². The van der Waals surface area contributed by atoms with Crippen LogP contribution in [0.15, 0.2) is 0 Å². The number of aliphatic hydroxyl groups excluding tert-OH is 7. The third-order valence-corrected chi connectivity index (χ3v) is 12.8. The first-order valence-electron chi connectivity index (χ1n) is 26.1. The molecule has 2 fully saturated rings. The van der Waals surface area contributed by atoms with Crippen molar-refractivity contribution in [1.82, 2.24) is 0 Å². The number of carbonyl (C=O) groups excluding carboxylic acids is 2. The highest BCUT2D eigenvalue weighted by Gasteiger charge is 2.47. The van der Waals surface area contributed by atoms with Crippen LogP contribution in [0.4, 0.5) is 0 Å². The molecule has 2 aliphatic heterocycles. The van der Waals surface area contributed by atoms with Gasteiger partial charge in [0, 0.05) is 12.8 Å². The molecule has 0 amide bonds.